The van der Waals surface area contributed by atoms with E-state index in [1.807, 2.05) is 12.1 Å². The summed E-state index contributed by atoms with van der Waals surface area (Å²) in [4.78, 5) is 0. The number of hydrogen-bond acceptors (Lipinski definition) is 1. The highest BCUT2D eigenvalue weighted by molar-refractivity contribution is 6.42. The summed E-state index contributed by atoms with van der Waals surface area (Å²) in [6.07, 6.45) is 7.36. The summed E-state index contributed by atoms with van der Waals surface area (Å²) >= 11 is 12.5. The van der Waals surface area contributed by atoms with Crippen LogP contribution in [0.25, 0.3) is 0 Å². The number of benzene rings is 1. The maximum atomic E-state index is 6.34. The van der Waals surface area contributed by atoms with E-state index in [9.17, 15) is 0 Å². The minimum atomic E-state index is 0.322. The van der Waals surface area contributed by atoms with Gasteiger partial charge in [-0.05, 0) is 31.0 Å². The van der Waals surface area contributed by atoms with Gasteiger partial charge in [0.1, 0.15) is 0 Å². The Morgan fingerprint density at radius 2 is 1.84 bits per heavy atom. The van der Waals surface area contributed by atoms with Crippen LogP contribution in [0.5, 0.6) is 0 Å². The highest BCUT2D eigenvalue weighted by atomic mass is 35.5. The van der Waals surface area contributed by atoms with Crippen LogP contribution in [-0.4, -0.2) is 6.54 Å². The van der Waals surface area contributed by atoms with Gasteiger partial charge in [0.2, 0.25) is 0 Å². The molecule has 1 aromatic carbocycles. The topological polar surface area (TPSA) is 12.0 Å². The molecule has 1 unspecified atom stereocenters. The van der Waals surface area contributed by atoms with Gasteiger partial charge >= 0.3 is 0 Å². The molecule has 1 aromatic rings. The molecule has 108 valence electrons. The number of unbranched alkanes of at least 4 members (excludes halogenated alkanes) is 3. The van der Waals surface area contributed by atoms with Crippen molar-refractivity contribution in [2.24, 2.45) is 0 Å². The molecule has 0 saturated heterocycles. The average Bonchev–Trinajstić information content (AvgIpc) is 2.42. The fourth-order valence-electron chi connectivity index (χ4n) is 2.25. The van der Waals surface area contributed by atoms with Gasteiger partial charge in [-0.15, -0.1) is 0 Å². The maximum absolute atomic E-state index is 6.34. The minimum Gasteiger partial charge on any atom is -0.310 e. The lowest BCUT2D eigenvalue weighted by atomic mass is 9.99. The smallest absolute Gasteiger partial charge is 0.0640 e. The van der Waals surface area contributed by atoms with Crippen molar-refractivity contribution < 1.29 is 0 Å². The van der Waals surface area contributed by atoms with Crippen LogP contribution >= 0.6 is 23.2 Å². The average molecular weight is 302 g/mol. The van der Waals surface area contributed by atoms with Crippen LogP contribution in [0, 0.1) is 0 Å². The largest absolute Gasteiger partial charge is 0.310 e. The van der Waals surface area contributed by atoms with Crippen molar-refractivity contribution in [3.63, 3.8) is 0 Å². The van der Waals surface area contributed by atoms with Crippen molar-refractivity contribution in [3.8, 4) is 0 Å². The van der Waals surface area contributed by atoms with E-state index in [-0.39, 0.29) is 0 Å². The fraction of sp³-hybridized carbons (Fsp3) is 0.625. The van der Waals surface area contributed by atoms with Gasteiger partial charge in [-0.2, -0.15) is 0 Å². The van der Waals surface area contributed by atoms with Gasteiger partial charge in [-0.3, -0.25) is 0 Å². The lowest BCUT2D eigenvalue weighted by Crippen LogP contribution is -2.22. The summed E-state index contributed by atoms with van der Waals surface area (Å²) in [5, 5.41) is 4.94. The lowest BCUT2D eigenvalue weighted by Gasteiger charge is -2.20. The molecule has 1 nitrogen and oxygen atoms in total. The second kappa shape index (κ2) is 9.63. The van der Waals surface area contributed by atoms with Crippen molar-refractivity contribution in [1.29, 1.82) is 0 Å². The molecule has 0 spiro atoms. The molecule has 0 amide bonds. The number of rotatable bonds is 9. The highest BCUT2D eigenvalue weighted by Crippen LogP contribution is 2.32. The third-order valence-electron chi connectivity index (χ3n) is 3.34. The number of halogens is 2. The van der Waals surface area contributed by atoms with Gasteiger partial charge in [0, 0.05) is 6.04 Å². The summed E-state index contributed by atoms with van der Waals surface area (Å²) < 4.78 is 0. The van der Waals surface area contributed by atoms with Crippen LogP contribution in [-0.2, 0) is 0 Å². The molecule has 0 aliphatic heterocycles. The van der Waals surface area contributed by atoms with Gasteiger partial charge in [0.15, 0.2) is 0 Å². The van der Waals surface area contributed by atoms with Crippen molar-refractivity contribution in [3.05, 3.63) is 33.8 Å². The van der Waals surface area contributed by atoms with Crippen molar-refractivity contribution >= 4 is 23.2 Å². The first-order chi connectivity index (χ1) is 9.20. The lowest BCUT2D eigenvalue weighted by molar-refractivity contribution is 0.470. The monoisotopic (exact) mass is 301 g/mol. The van der Waals surface area contributed by atoms with Crippen LogP contribution in [0.4, 0.5) is 0 Å². The van der Waals surface area contributed by atoms with Gasteiger partial charge in [-0.25, -0.2) is 0 Å². The van der Waals surface area contributed by atoms with E-state index in [2.05, 4.69) is 25.2 Å². The van der Waals surface area contributed by atoms with E-state index >= 15 is 0 Å². The first kappa shape index (κ1) is 16.8. The Morgan fingerprint density at radius 3 is 2.53 bits per heavy atom. The zero-order valence-corrected chi connectivity index (χ0v) is 13.5. The second-order valence-corrected chi connectivity index (χ2v) is 5.78. The van der Waals surface area contributed by atoms with Crippen LogP contribution < -0.4 is 5.32 Å². The summed E-state index contributed by atoms with van der Waals surface area (Å²) in [5.74, 6) is 0. The molecule has 0 bridgehead atoms. The van der Waals surface area contributed by atoms with Crippen molar-refractivity contribution in [1.82, 2.24) is 5.32 Å². The van der Waals surface area contributed by atoms with Crippen LogP contribution in [0.3, 0.4) is 0 Å². The molecule has 0 aliphatic rings. The van der Waals surface area contributed by atoms with Crippen LogP contribution in [0.15, 0.2) is 18.2 Å². The molecule has 0 radical (unpaired) electrons. The number of hydrogen-bond donors (Lipinski definition) is 1. The molecule has 0 saturated carbocycles. The van der Waals surface area contributed by atoms with Gasteiger partial charge in [0.25, 0.3) is 0 Å². The Morgan fingerprint density at radius 1 is 1.05 bits per heavy atom. The molecule has 1 N–H and O–H groups in total. The van der Waals surface area contributed by atoms with E-state index in [1.165, 1.54) is 25.7 Å². The summed E-state index contributed by atoms with van der Waals surface area (Å²) in [5.41, 5.74) is 1.14. The Balaban J connectivity index is 2.69. The molecule has 0 aliphatic carbocycles. The summed E-state index contributed by atoms with van der Waals surface area (Å²) in [6.45, 7) is 5.43. The molecular weight excluding hydrogens is 277 g/mol. The zero-order chi connectivity index (χ0) is 14.1. The molecule has 0 aromatic heterocycles. The second-order valence-electron chi connectivity index (χ2n) is 5.00. The van der Waals surface area contributed by atoms with E-state index in [0.29, 0.717) is 16.1 Å². The molecule has 1 atom stereocenters. The molecule has 19 heavy (non-hydrogen) atoms. The molecule has 0 heterocycles. The molecular formula is C16H25Cl2N. The van der Waals surface area contributed by atoms with E-state index < -0.39 is 0 Å². The molecule has 1 rings (SSSR count). The van der Waals surface area contributed by atoms with E-state index in [4.69, 9.17) is 23.2 Å². The first-order valence-corrected chi connectivity index (χ1v) is 8.13. The first-order valence-electron chi connectivity index (χ1n) is 7.38. The summed E-state index contributed by atoms with van der Waals surface area (Å²) in [6, 6.07) is 6.24. The van der Waals surface area contributed by atoms with Crippen molar-refractivity contribution in [2.45, 2.75) is 58.4 Å². The van der Waals surface area contributed by atoms with E-state index in [1.54, 1.807) is 0 Å². The maximum Gasteiger partial charge on any atom is 0.0640 e. The normalized spacial score (nSPS) is 12.6. The molecule has 0 fully saturated rings. The van der Waals surface area contributed by atoms with Gasteiger partial charge in [0.05, 0.1) is 10.0 Å². The van der Waals surface area contributed by atoms with Gasteiger partial charge in [-0.1, -0.05) is 74.9 Å². The SMILES string of the molecule is CCCCCCC(NCCC)c1cccc(Cl)c1Cl. The molecule has 3 heteroatoms. The standard InChI is InChI=1S/C16H25Cl2N/c1-3-5-6-7-11-15(19-12-4-2)13-9-8-10-14(17)16(13)18/h8-10,15,19H,3-7,11-12H2,1-2H3. The van der Waals surface area contributed by atoms with Crippen molar-refractivity contribution in [2.75, 3.05) is 6.54 Å². The highest BCUT2D eigenvalue weighted by Gasteiger charge is 2.15. The van der Waals surface area contributed by atoms with Crippen LogP contribution in [0.2, 0.25) is 10.0 Å². The fourth-order valence-corrected chi connectivity index (χ4v) is 2.69. The van der Waals surface area contributed by atoms with E-state index in [0.717, 1.165) is 24.9 Å². The third-order valence-corrected chi connectivity index (χ3v) is 4.18. The summed E-state index contributed by atoms with van der Waals surface area (Å²) in [7, 11) is 0. The Labute approximate surface area is 127 Å². The predicted molar refractivity (Wildman–Crippen MR) is 86.3 cm³/mol. The van der Waals surface area contributed by atoms with Gasteiger partial charge < -0.3 is 5.32 Å². The Hall–Kier alpha value is -0.240. The quantitative estimate of drug-likeness (QED) is 0.551. The third kappa shape index (κ3) is 5.72. The van der Waals surface area contributed by atoms with Crippen LogP contribution in [0.1, 0.15) is 64.0 Å². The minimum absolute atomic E-state index is 0.322. The Bertz CT molecular complexity index is 366. The predicted octanol–water partition coefficient (Wildman–Crippen LogP) is 6.00. The number of nitrogens with one attached hydrogen (secondary N) is 1. The zero-order valence-electron chi connectivity index (χ0n) is 12.0. The Kier molecular flexibility index (Phi) is 8.52.